The first-order valence-corrected chi connectivity index (χ1v) is 18.2. The lowest BCUT2D eigenvalue weighted by Gasteiger charge is -2.42. The number of aromatic nitrogens is 1. The highest BCUT2D eigenvalue weighted by molar-refractivity contribution is 5.82. The molecule has 6 rings (SSSR count). The molecule has 54 heavy (non-hydrogen) atoms. The Morgan fingerprint density at radius 2 is 1.81 bits per heavy atom. The number of halogens is 3. The van der Waals surface area contributed by atoms with E-state index in [0.717, 1.165) is 23.2 Å². The minimum absolute atomic E-state index is 0.00270. The molecule has 288 valence electrons. The van der Waals surface area contributed by atoms with E-state index in [-0.39, 0.29) is 32.0 Å². The van der Waals surface area contributed by atoms with Gasteiger partial charge in [-0.15, -0.1) is 0 Å². The molecule has 1 saturated heterocycles. The quantitative estimate of drug-likeness (QED) is 0.149. The number of rotatable bonds is 14. The predicted octanol–water partition coefficient (Wildman–Crippen LogP) is 4.29. The van der Waals surface area contributed by atoms with E-state index in [1.807, 2.05) is 71.3 Å². The van der Waals surface area contributed by atoms with E-state index in [1.54, 1.807) is 30.5 Å². The normalized spacial score (nSPS) is 20.4. The van der Waals surface area contributed by atoms with Crippen LogP contribution >= 0.6 is 0 Å². The molecule has 0 unspecified atom stereocenters. The molecule has 2 aliphatic rings. The van der Waals surface area contributed by atoms with Crippen LogP contribution in [0.2, 0.25) is 0 Å². The first-order valence-electron chi connectivity index (χ1n) is 18.2. The van der Waals surface area contributed by atoms with Crippen LogP contribution in [0, 0.1) is 5.92 Å². The average molecular weight is 750 g/mol. The number of aliphatic hydroxyl groups excluding tert-OH is 2. The second kappa shape index (κ2) is 17.6. The fourth-order valence-corrected chi connectivity index (χ4v) is 7.15. The van der Waals surface area contributed by atoms with Gasteiger partial charge in [0.05, 0.1) is 12.6 Å². The van der Waals surface area contributed by atoms with Crippen molar-refractivity contribution in [2.24, 2.45) is 5.92 Å². The minimum Gasteiger partial charge on any atom is -0.490 e. The Morgan fingerprint density at radius 1 is 1.04 bits per heavy atom. The van der Waals surface area contributed by atoms with Crippen LogP contribution in [-0.2, 0) is 29.0 Å². The van der Waals surface area contributed by atoms with Crippen molar-refractivity contribution in [1.29, 1.82) is 0 Å². The summed E-state index contributed by atoms with van der Waals surface area (Å²) in [5.41, 5.74) is 3.35. The average Bonchev–Trinajstić information content (AvgIpc) is 3.64. The Hall–Kier alpha value is -4.76. The smallest absolute Gasteiger partial charge is 0.405 e. The number of ether oxygens (including phenoxy) is 1. The lowest BCUT2D eigenvalue weighted by molar-refractivity contribution is -0.143. The fraction of sp³-hybridized carbons (Fsp3) is 0.425. The van der Waals surface area contributed by atoms with Gasteiger partial charge in [-0.2, -0.15) is 13.2 Å². The molecule has 14 heteroatoms. The van der Waals surface area contributed by atoms with Gasteiger partial charge in [-0.1, -0.05) is 55.5 Å². The van der Waals surface area contributed by atoms with Crippen LogP contribution in [0.5, 0.6) is 5.75 Å². The molecule has 0 spiro atoms. The highest BCUT2D eigenvalue weighted by Gasteiger charge is 2.38. The van der Waals surface area contributed by atoms with Crippen molar-refractivity contribution < 1.29 is 42.1 Å². The number of furan rings is 1. The van der Waals surface area contributed by atoms with Crippen LogP contribution in [0.25, 0.3) is 11.3 Å². The predicted molar refractivity (Wildman–Crippen MR) is 194 cm³/mol. The highest BCUT2D eigenvalue weighted by Crippen LogP contribution is 2.32. The number of para-hydroxylation sites is 1. The minimum atomic E-state index is -4.59. The van der Waals surface area contributed by atoms with Gasteiger partial charge in [0, 0.05) is 49.2 Å². The summed E-state index contributed by atoms with van der Waals surface area (Å²) < 4.78 is 51.4. The van der Waals surface area contributed by atoms with E-state index in [1.165, 1.54) is 0 Å². The van der Waals surface area contributed by atoms with E-state index < -0.39 is 48.8 Å². The molecule has 1 fully saturated rings. The van der Waals surface area contributed by atoms with Crippen molar-refractivity contribution in [3.8, 4) is 17.1 Å². The lowest BCUT2D eigenvalue weighted by atomic mass is 9.91. The molecule has 2 aromatic heterocycles. The largest absolute Gasteiger partial charge is 0.490 e. The molecular weight excluding hydrogens is 703 g/mol. The zero-order valence-corrected chi connectivity index (χ0v) is 30.0. The van der Waals surface area contributed by atoms with E-state index in [0.29, 0.717) is 48.9 Å². The number of aryl methyl sites for hydroxylation is 1. The van der Waals surface area contributed by atoms with Crippen molar-refractivity contribution in [3.63, 3.8) is 0 Å². The van der Waals surface area contributed by atoms with Gasteiger partial charge >= 0.3 is 6.18 Å². The molecule has 4 aromatic rings. The van der Waals surface area contributed by atoms with Gasteiger partial charge in [-0.05, 0) is 61.1 Å². The SMILES string of the molecule is CCc1cc(-c2ccc(CN3CCN(C[C@@H](Cc4ccccc4)C[C@@H](O)C(=O)N[C@H]4c5ccccc5OC[C@H]4O)[C@H](C(=O)NCC(F)(F)F)C3)o2)ccn1. The number of aliphatic hydroxyl groups is 2. The van der Waals surface area contributed by atoms with E-state index >= 15 is 0 Å². The number of nitrogens with zero attached hydrogens (tertiary/aromatic N) is 3. The summed E-state index contributed by atoms with van der Waals surface area (Å²) in [5.74, 6) is 0.0487. The van der Waals surface area contributed by atoms with Crippen molar-refractivity contribution in [2.75, 3.05) is 39.3 Å². The maximum absolute atomic E-state index is 13.5. The van der Waals surface area contributed by atoms with Crippen molar-refractivity contribution >= 4 is 11.8 Å². The number of benzene rings is 2. The van der Waals surface area contributed by atoms with Crippen LogP contribution in [0.4, 0.5) is 13.2 Å². The van der Waals surface area contributed by atoms with E-state index in [2.05, 4.69) is 15.6 Å². The standard InChI is InChI=1S/C40H46F3N5O6/c1-2-29-20-28(14-15-44-29)35-13-12-30(54-35)22-47-16-17-48(32(23-47)38(51)45-25-40(41,42)43)21-27(18-26-8-4-3-5-9-26)19-33(49)39(52)46-37-31-10-6-7-11-36(31)53-24-34(37)50/h3-15,20,27,32-34,37,49-50H,2,16-19,21-25H2,1H3,(H,45,51)(H,46,52)/t27-,32-,33+,34+,37-/m0/s1. The molecule has 0 bridgehead atoms. The maximum atomic E-state index is 13.5. The molecule has 5 atom stereocenters. The Balaban J connectivity index is 1.17. The first-order chi connectivity index (χ1) is 26.0. The summed E-state index contributed by atoms with van der Waals surface area (Å²) >= 11 is 0. The van der Waals surface area contributed by atoms with Gasteiger partial charge in [0.25, 0.3) is 0 Å². The molecule has 11 nitrogen and oxygen atoms in total. The lowest BCUT2D eigenvalue weighted by Crippen LogP contribution is -2.60. The molecule has 0 radical (unpaired) electrons. The molecule has 2 aliphatic heterocycles. The van der Waals surface area contributed by atoms with Crippen LogP contribution in [0.3, 0.4) is 0 Å². The fourth-order valence-electron chi connectivity index (χ4n) is 7.15. The number of carbonyl (C=O) groups is 2. The van der Waals surface area contributed by atoms with Gasteiger partial charge < -0.3 is 30.0 Å². The Morgan fingerprint density at radius 3 is 2.59 bits per heavy atom. The van der Waals surface area contributed by atoms with Crippen molar-refractivity contribution in [3.05, 3.63) is 108 Å². The Labute approximate surface area is 312 Å². The molecule has 2 aromatic carbocycles. The molecule has 4 heterocycles. The second-order valence-electron chi connectivity index (χ2n) is 13.9. The third-order valence-corrected chi connectivity index (χ3v) is 9.91. The summed E-state index contributed by atoms with van der Waals surface area (Å²) in [6, 6.07) is 22.3. The van der Waals surface area contributed by atoms with Gasteiger partial charge in [-0.3, -0.25) is 24.4 Å². The van der Waals surface area contributed by atoms with Crippen molar-refractivity contribution in [2.45, 2.75) is 63.2 Å². The molecule has 4 N–H and O–H groups in total. The zero-order chi connectivity index (χ0) is 38.2. The van der Waals surface area contributed by atoms with E-state index in [9.17, 15) is 33.0 Å². The Bertz CT molecular complexity index is 1860. The van der Waals surface area contributed by atoms with Crippen LogP contribution in [-0.4, -0.2) is 101 Å². The molecular formula is C40H46F3N5O6. The van der Waals surface area contributed by atoms with E-state index in [4.69, 9.17) is 9.15 Å². The van der Waals surface area contributed by atoms with Crippen LogP contribution in [0.1, 0.15) is 42.0 Å². The second-order valence-corrected chi connectivity index (χ2v) is 13.9. The van der Waals surface area contributed by atoms with Gasteiger partial charge in [-0.25, -0.2) is 0 Å². The van der Waals surface area contributed by atoms with Gasteiger partial charge in [0.2, 0.25) is 11.8 Å². The number of alkyl halides is 3. The number of hydrogen-bond acceptors (Lipinski definition) is 9. The first kappa shape index (κ1) is 38.9. The topological polar surface area (TPSA) is 140 Å². The summed E-state index contributed by atoms with van der Waals surface area (Å²) in [5, 5.41) is 26.8. The number of hydrogen-bond donors (Lipinski definition) is 4. The number of pyridine rings is 1. The summed E-state index contributed by atoms with van der Waals surface area (Å²) in [4.78, 5) is 35.1. The maximum Gasteiger partial charge on any atom is 0.405 e. The number of nitrogens with one attached hydrogen (secondary N) is 2. The highest BCUT2D eigenvalue weighted by atomic mass is 19.4. The summed E-state index contributed by atoms with van der Waals surface area (Å²) in [6.45, 7) is 2.08. The number of carbonyl (C=O) groups excluding carboxylic acids is 2. The summed E-state index contributed by atoms with van der Waals surface area (Å²) in [6.07, 6.45) is -4.14. The van der Waals surface area contributed by atoms with Crippen LogP contribution in [0.15, 0.2) is 89.5 Å². The third-order valence-electron chi connectivity index (χ3n) is 9.91. The summed E-state index contributed by atoms with van der Waals surface area (Å²) in [7, 11) is 0. The number of amides is 2. The zero-order valence-electron chi connectivity index (χ0n) is 30.0. The van der Waals surface area contributed by atoms with Gasteiger partial charge in [0.1, 0.15) is 48.7 Å². The number of fused-ring (bicyclic) bond motifs is 1. The third kappa shape index (κ3) is 10.3. The molecule has 2 amide bonds. The molecule has 0 aliphatic carbocycles. The number of piperazine rings is 1. The molecule has 0 saturated carbocycles. The monoisotopic (exact) mass is 749 g/mol. The van der Waals surface area contributed by atoms with Gasteiger partial charge in [0.15, 0.2) is 0 Å². The Kier molecular flexibility index (Phi) is 12.7. The van der Waals surface area contributed by atoms with Crippen LogP contribution < -0.4 is 15.4 Å². The van der Waals surface area contributed by atoms with Crippen molar-refractivity contribution in [1.82, 2.24) is 25.4 Å².